The molecule has 2 aliphatic rings. The molecule has 3 rings (SSSR count). The van der Waals surface area contributed by atoms with Crippen LogP contribution in [0.1, 0.15) is 18.4 Å². The van der Waals surface area contributed by atoms with Gasteiger partial charge in [-0.2, -0.15) is 0 Å². The van der Waals surface area contributed by atoms with Crippen molar-refractivity contribution in [3.63, 3.8) is 0 Å². The lowest BCUT2D eigenvalue weighted by Crippen LogP contribution is -2.47. The van der Waals surface area contributed by atoms with Crippen molar-refractivity contribution in [3.05, 3.63) is 28.8 Å². The lowest BCUT2D eigenvalue weighted by molar-refractivity contribution is 0.0727. The van der Waals surface area contributed by atoms with E-state index < -0.39 is 0 Å². The maximum atomic E-state index is 9.43. The average molecular weight is 297 g/mol. The largest absolute Gasteiger partial charge is 0.394 e. The second-order valence-corrected chi connectivity index (χ2v) is 5.94. The van der Waals surface area contributed by atoms with Gasteiger partial charge in [-0.05, 0) is 30.5 Å². The van der Waals surface area contributed by atoms with Crippen molar-refractivity contribution < 1.29 is 9.84 Å². The lowest BCUT2D eigenvalue weighted by Gasteiger charge is -2.36. The summed E-state index contributed by atoms with van der Waals surface area (Å²) in [5, 5.41) is 13.7. The van der Waals surface area contributed by atoms with E-state index in [1.165, 1.54) is 12.8 Å². The van der Waals surface area contributed by atoms with Crippen LogP contribution in [0, 0.1) is 0 Å². The molecule has 0 aromatic heterocycles. The van der Waals surface area contributed by atoms with Crippen molar-refractivity contribution in [2.75, 3.05) is 31.3 Å². The fourth-order valence-electron chi connectivity index (χ4n) is 2.55. The molecule has 0 bridgehead atoms. The molecule has 1 aliphatic heterocycles. The number of benzene rings is 1. The van der Waals surface area contributed by atoms with Gasteiger partial charge in [0.05, 0.1) is 25.9 Å². The van der Waals surface area contributed by atoms with Crippen LogP contribution in [0.2, 0.25) is 5.02 Å². The molecule has 1 atom stereocenters. The first-order valence-corrected chi connectivity index (χ1v) is 7.63. The van der Waals surface area contributed by atoms with Crippen molar-refractivity contribution in [2.24, 2.45) is 0 Å². The van der Waals surface area contributed by atoms with Gasteiger partial charge in [0.25, 0.3) is 0 Å². The number of ether oxygens (including phenoxy) is 1. The van der Waals surface area contributed by atoms with E-state index in [4.69, 9.17) is 16.3 Å². The summed E-state index contributed by atoms with van der Waals surface area (Å²) < 4.78 is 5.41. The van der Waals surface area contributed by atoms with Gasteiger partial charge in [0.1, 0.15) is 0 Å². The smallest absolute Gasteiger partial charge is 0.0755 e. The first-order chi connectivity index (χ1) is 9.78. The quantitative estimate of drug-likeness (QED) is 0.869. The first kappa shape index (κ1) is 14.1. The second-order valence-electron chi connectivity index (χ2n) is 5.54. The molecule has 2 N–H and O–H groups in total. The van der Waals surface area contributed by atoms with Crippen molar-refractivity contribution >= 4 is 17.3 Å². The third kappa shape index (κ3) is 3.26. The summed E-state index contributed by atoms with van der Waals surface area (Å²) in [6.07, 6.45) is 2.56. The van der Waals surface area contributed by atoms with Crippen molar-refractivity contribution in [1.29, 1.82) is 0 Å². The number of anilines is 1. The zero-order valence-electron chi connectivity index (χ0n) is 11.5. The molecule has 5 heteroatoms. The number of hydrogen-bond acceptors (Lipinski definition) is 4. The lowest BCUT2D eigenvalue weighted by atomic mass is 10.1. The van der Waals surface area contributed by atoms with E-state index in [0.717, 1.165) is 29.4 Å². The van der Waals surface area contributed by atoms with Crippen LogP contribution >= 0.6 is 11.6 Å². The summed E-state index contributed by atoms with van der Waals surface area (Å²) in [5.74, 6) is 0. The predicted molar refractivity (Wildman–Crippen MR) is 80.4 cm³/mol. The van der Waals surface area contributed by atoms with E-state index in [1.54, 1.807) is 0 Å². The number of nitrogens with zero attached hydrogens (tertiary/aromatic N) is 1. The summed E-state index contributed by atoms with van der Waals surface area (Å²) >= 11 is 6.38. The molecule has 20 heavy (non-hydrogen) atoms. The molecule has 2 fully saturated rings. The van der Waals surface area contributed by atoms with Crippen molar-refractivity contribution in [1.82, 2.24) is 5.32 Å². The molecule has 0 spiro atoms. The summed E-state index contributed by atoms with van der Waals surface area (Å²) in [6, 6.07) is 6.87. The Hall–Kier alpha value is -0.810. The van der Waals surface area contributed by atoms with Crippen molar-refractivity contribution in [3.8, 4) is 0 Å². The van der Waals surface area contributed by atoms with Gasteiger partial charge in [-0.25, -0.2) is 0 Å². The fraction of sp³-hybridized carbons (Fsp3) is 0.600. The minimum atomic E-state index is 0.0234. The highest BCUT2D eigenvalue weighted by atomic mass is 35.5. The van der Waals surface area contributed by atoms with Gasteiger partial charge in [0, 0.05) is 29.8 Å². The molecule has 0 radical (unpaired) electrons. The molecule has 0 amide bonds. The summed E-state index contributed by atoms with van der Waals surface area (Å²) in [7, 11) is 0. The number of halogens is 1. The van der Waals surface area contributed by atoms with Gasteiger partial charge in [0.2, 0.25) is 0 Å². The van der Waals surface area contributed by atoms with E-state index in [2.05, 4.69) is 22.3 Å². The Bertz CT molecular complexity index is 465. The third-order valence-corrected chi connectivity index (χ3v) is 4.32. The molecular weight excluding hydrogens is 276 g/mol. The maximum Gasteiger partial charge on any atom is 0.0755 e. The van der Waals surface area contributed by atoms with Gasteiger partial charge in [-0.1, -0.05) is 17.7 Å². The molecular formula is C15H21ClN2O2. The SMILES string of the molecule is OCC1COCCN1c1ccc(CNC2CC2)c(Cl)c1. The minimum Gasteiger partial charge on any atom is -0.394 e. The zero-order valence-corrected chi connectivity index (χ0v) is 12.3. The Labute approximate surface area is 124 Å². The van der Waals surface area contributed by atoms with Gasteiger partial charge >= 0.3 is 0 Å². The maximum absolute atomic E-state index is 9.43. The van der Waals surface area contributed by atoms with Crippen molar-refractivity contribution in [2.45, 2.75) is 31.5 Å². The summed E-state index contributed by atoms with van der Waals surface area (Å²) in [6.45, 7) is 2.98. The highest BCUT2D eigenvalue weighted by Gasteiger charge is 2.23. The topological polar surface area (TPSA) is 44.7 Å². The highest BCUT2D eigenvalue weighted by molar-refractivity contribution is 6.31. The number of hydrogen-bond donors (Lipinski definition) is 2. The van der Waals surface area contributed by atoms with Crippen LogP contribution in [0.3, 0.4) is 0 Å². The van der Waals surface area contributed by atoms with Crippen LogP contribution in [-0.4, -0.2) is 43.6 Å². The van der Waals surface area contributed by atoms with Crippen LogP contribution < -0.4 is 10.2 Å². The molecule has 1 saturated carbocycles. The van der Waals surface area contributed by atoms with Gasteiger partial charge < -0.3 is 20.1 Å². The van der Waals surface area contributed by atoms with E-state index >= 15 is 0 Å². The highest BCUT2D eigenvalue weighted by Crippen LogP contribution is 2.27. The Morgan fingerprint density at radius 1 is 1.40 bits per heavy atom. The Morgan fingerprint density at radius 3 is 2.95 bits per heavy atom. The molecule has 110 valence electrons. The number of morpholine rings is 1. The van der Waals surface area contributed by atoms with E-state index in [9.17, 15) is 5.11 Å². The molecule has 1 aromatic carbocycles. The Balaban J connectivity index is 1.70. The number of nitrogens with one attached hydrogen (secondary N) is 1. The number of aliphatic hydroxyl groups is 1. The predicted octanol–water partition coefficient (Wildman–Crippen LogP) is 1.79. The van der Waals surface area contributed by atoms with Crippen LogP contribution in [0.15, 0.2) is 18.2 Å². The molecule has 1 aromatic rings. The fourth-order valence-corrected chi connectivity index (χ4v) is 2.79. The molecule has 1 heterocycles. The average Bonchev–Trinajstić information content (AvgIpc) is 3.30. The van der Waals surface area contributed by atoms with Gasteiger partial charge in [0.15, 0.2) is 0 Å². The first-order valence-electron chi connectivity index (χ1n) is 7.25. The van der Waals surface area contributed by atoms with Crippen LogP contribution in [0.4, 0.5) is 5.69 Å². The Kier molecular flexibility index (Phi) is 4.46. The number of rotatable bonds is 5. The van der Waals surface area contributed by atoms with E-state index in [0.29, 0.717) is 19.3 Å². The molecule has 4 nitrogen and oxygen atoms in total. The normalized spacial score (nSPS) is 23.1. The molecule has 1 unspecified atom stereocenters. The van der Waals surface area contributed by atoms with E-state index in [-0.39, 0.29) is 12.6 Å². The number of aliphatic hydroxyl groups excluding tert-OH is 1. The van der Waals surface area contributed by atoms with Crippen LogP contribution in [0.25, 0.3) is 0 Å². The molecule has 1 saturated heterocycles. The minimum absolute atomic E-state index is 0.0234. The van der Waals surface area contributed by atoms with Gasteiger partial charge in [-0.15, -0.1) is 0 Å². The molecule has 1 aliphatic carbocycles. The van der Waals surface area contributed by atoms with Gasteiger partial charge in [-0.3, -0.25) is 0 Å². The van der Waals surface area contributed by atoms with E-state index in [1.807, 2.05) is 6.07 Å². The summed E-state index contributed by atoms with van der Waals surface area (Å²) in [5.41, 5.74) is 2.20. The monoisotopic (exact) mass is 296 g/mol. The van der Waals surface area contributed by atoms with Crippen LogP contribution in [-0.2, 0) is 11.3 Å². The van der Waals surface area contributed by atoms with Crippen LogP contribution in [0.5, 0.6) is 0 Å². The second kappa shape index (κ2) is 6.31. The Morgan fingerprint density at radius 2 is 2.25 bits per heavy atom. The standard InChI is InChI=1S/C15H21ClN2O2/c16-15-7-13(18-5-6-20-10-14(18)9-19)4-1-11(15)8-17-12-2-3-12/h1,4,7,12,14,17,19H,2-3,5-6,8-10H2. The summed E-state index contributed by atoms with van der Waals surface area (Å²) in [4.78, 5) is 2.17. The third-order valence-electron chi connectivity index (χ3n) is 3.97. The zero-order chi connectivity index (χ0) is 13.9.